The van der Waals surface area contributed by atoms with Gasteiger partial charge in [-0.25, -0.2) is 0 Å². The van der Waals surface area contributed by atoms with Crippen LogP contribution < -0.4 is 15.2 Å². The van der Waals surface area contributed by atoms with Crippen molar-refractivity contribution in [3.05, 3.63) is 23.8 Å². The Balaban J connectivity index is 1.81. The number of hydrogen-bond acceptors (Lipinski definition) is 4. The van der Waals surface area contributed by atoms with Crippen LogP contribution in [0.3, 0.4) is 0 Å². The van der Waals surface area contributed by atoms with Crippen LogP contribution in [0.25, 0.3) is 0 Å². The molecule has 5 heteroatoms. The molecule has 0 aliphatic carbocycles. The Morgan fingerprint density at radius 2 is 2.19 bits per heavy atom. The minimum atomic E-state index is 0.0527. The van der Waals surface area contributed by atoms with Gasteiger partial charge in [0.15, 0.2) is 11.5 Å². The maximum atomic E-state index is 12.9. The zero-order chi connectivity index (χ0) is 14.7. The first-order valence-corrected chi connectivity index (χ1v) is 7.71. The molecule has 21 heavy (non-hydrogen) atoms. The first-order chi connectivity index (χ1) is 10.3. The van der Waals surface area contributed by atoms with Gasteiger partial charge in [-0.1, -0.05) is 6.07 Å². The minimum absolute atomic E-state index is 0.0527. The highest BCUT2D eigenvalue weighted by molar-refractivity contribution is 5.98. The second-order valence-electron chi connectivity index (χ2n) is 5.56. The predicted octanol–water partition coefficient (Wildman–Crippen LogP) is 1.80. The first-order valence-electron chi connectivity index (χ1n) is 7.71. The number of carbonyl (C=O) groups excluding carboxylic acids is 1. The average Bonchev–Trinajstić information content (AvgIpc) is 3.00. The molecule has 5 nitrogen and oxygen atoms in total. The van der Waals surface area contributed by atoms with E-state index >= 15 is 0 Å². The molecule has 1 unspecified atom stereocenters. The largest absolute Gasteiger partial charge is 0.486 e. The van der Waals surface area contributed by atoms with E-state index in [9.17, 15) is 4.79 Å². The van der Waals surface area contributed by atoms with E-state index in [0.717, 1.165) is 32.2 Å². The molecule has 1 aromatic rings. The molecule has 1 fully saturated rings. The number of ether oxygens (including phenoxy) is 2. The number of fused-ring (bicyclic) bond motifs is 1. The summed E-state index contributed by atoms with van der Waals surface area (Å²) in [7, 11) is 0. The molecule has 2 aliphatic rings. The summed E-state index contributed by atoms with van der Waals surface area (Å²) in [6, 6.07) is 5.84. The first kappa shape index (κ1) is 14.2. The summed E-state index contributed by atoms with van der Waals surface area (Å²) < 4.78 is 11.2. The molecular weight excluding hydrogens is 268 g/mol. The lowest BCUT2D eigenvalue weighted by Gasteiger charge is -2.27. The van der Waals surface area contributed by atoms with E-state index in [1.807, 2.05) is 23.1 Å². The van der Waals surface area contributed by atoms with Crippen LogP contribution in [0.2, 0.25) is 0 Å². The minimum Gasteiger partial charge on any atom is -0.486 e. The number of para-hydroxylation sites is 1. The van der Waals surface area contributed by atoms with E-state index in [2.05, 4.69) is 0 Å². The number of benzene rings is 1. The summed E-state index contributed by atoms with van der Waals surface area (Å²) in [6.45, 7) is 2.52. The Labute approximate surface area is 125 Å². The number of nitrogens with two attached hydrogens (primary N) is 1. The third-order valence-electron chi connectivity index (χ3n) is 4.18. The normalized spacial score (nSPS) is 20.6. The molecule has 1 amide bonds. The number of likely N-dealkylation sites (tertiary alicyclic amines) is 1. The molecule has 2 N–H and O–H groups in total. The van der Waals surface area contributed by atoms with Gasteiger partial charge in [0.2, 0.25) is 0 Å². The van der Waals surface area contributed by atoms with Gasteiger partial charge in [-0.05, 0) is 44.4 Å². The Kier molecular flexibility index (Phi) is 4.29. The number of rotatable bonds is 4. The van der Waals surface area contributed by atoms with Crippen molar-refractivity contribution in [3.63, 3.8) is 0 Å². The molecular formula is C16H22N2O3. The van der Waals surface area contributed by atoms with Gasteiger partial charge >= 0.3 is 0 Å². The summed E-state index contributed by atoms with van der Waals surface area (Å²) in [5.74, 6) is 1.32. The molecule has 0 aromatic heterocycles. The van der Waals surface area contributed by atoms with Crippen LogP contribution in [-0.2, 0) is 0 Å². The zero-order valence-electron chi connectivity index (χ0n) is 12.2. The van der Waals surface area contributed by atoms with Gasteiger partial charge < -0.3 is 20.1 Å². The summed E-state index contributed by atoms with van der Waals surface area (Å²) in [5, 5.41) is 0. The van der Waals surface area contributed by atoms with Gasteiger partial charge in [0.05, 0.1) is 5.56 Å². The average molecular weight is 290 g/mol. The van der Waals surface area contributed by atoms with Gasteiger partial charge in [-0.2, -0.15) is 0 Å². The third-order valence-corrected chi connectivity index (χ3v) is 4.18. The molecule has 1 aromatic carbocycles. The van der Waals surface area contributed by atoms with E-state index in [1.165, 1.54) is 0 Å². The van der Waals surface area contributed by atoms with E-state index in [-0.39, 0.29) is 5.91 Å². The molecule has 0 saturated carbocycles. The Morgan fingerprint density at radius 1 is 1.33 bits per heavy atom. The molecule has 114 valence electrons. The highest BCUT2D eigenvalue weighted by Gasteiger charge is 2.31. The highest BCUT2D eigenvalue weighted by Crippen LogP contribution is 2.35. The van der Waals surface area contributed by atoms with Crippen molar-refractivity contribution in [2.45, 2.75) is 31.7 Å². The van der Waals surface area contributed by atoms with E-state index < -0.39 is 0 Å². The third kappa shape index (κ3) is 2.83. The van der Waals surface area contributed by atoms with Crippen molar-refractivity contribution >= 4 is 5.91 Å². The van der Waals surface area contributed by atoms with E-state index in [4.69, 9.17) is 15.2 Å². The van der Waals surface area contributed by atoms with Gasteiger partial charge in [0.25, 0.3) is 5.91 Å². The maximum absolute atomic E-state index is 12.9. The van der Waals surface area contributed by atoms with Gasteiger partial charge in [-0.3, -0.25) is 4.79 Å². The molecule has 2 aliphatic heterocycles. The quantitative estimate of drug-likeness (QED) is 0.918. The zero-order valence-corrected chi connectivity index (χ0v) is 12.2. The molecule has 0 bridgehead atoms. The number of amides is 1. The van der Waals surface area contributed by atoms with Crippen molar-refractivity contribution < 1.29 is 14.3 Å². The van der Waals surface area contributed by atoms with Crippen molar-refractivity contribution in [2.75, 3.05) is 26.3 Å². The fraction of sp³-hybridized carbons (Fsp3) is 0.562. The maximum Gasteiger partial charge on any atom is 0.258 e. The molecule has 3 rings (SSSR count). The number of hydrogen-bond donors (Lipinski definition) is 1. The summed E-state index contributed by atoms with van der Waals surface area (Å²) in [6.07, 6.45) is 4.07. The van der Waals surface area contributed by atoms with Crippen LogP contribution >= 0.6 is 0 Å². The van der Waals surface area contributed by atoms with Crippen LogP contribution in [0.1, 0.15) is 36.0 Å². The van der Waals surface area contributed by atoms with Gasteiger partial charge in [0, 0.05) is 12.6 Å². The second-order valence-corrected chi connectivity index (χ2v) is 5.56. The van der Waals surface area contributed by atoms with Crippen molar-refractivity contribution in [1.29, 1.82) is 0 Å². The molecule has 1 atom stereocenters. The fourth-order valence-electron chi connectivity index (χ4n) is 3.15. The molecule has 2 heterocycles. The summed E-state index contributed by atoms with van der Waals surface area (Å²) >= 11 is 0. The standard InChI is InChI=1S/C16H22N2O3/c17-8-2-4-12-5-3-9-18(12)16(19)13-6-1-7-14-15(13)21-11-10-20-14/h1,6-7,12H,2-5,8-11,17H2. The van der Waals surface area contributed by atoms with E-state index in [1.54, 1.807) is 0 Å². The van der Waals surface area contributed by atoms with Crippen LogP contribution in [0, 0.1) is 0 Å². The summed E-state index contributed by atoms with van der Waals surface area (Å²) in [5.41, 5.74) is 6.21. The van der Waals surface area contributed by atoms with Gasteiger partial charge in [-0.15, -0.1) is 0 Å². The van der Waals surface area contributed by atoms with Crippen LogP contribution in [0.4, 0.5) is 0 Å². The Hall–Kier alpha value is -1.75. The van der Waals surface area contributed by atoms with Gasteiger partial charge in [0.1, 0.15) is 13.2 Å². The summed E-state index contributed by atoms with van der Waals surface area (Å²) in [4.78, 5) is 14.8. The van der Waals surface area contributed by atoms with Crippen molar-refractivity contribution in [3.8, 4) is 11.5 Å². The highest BCUT2D eigenvalue weighted by atomic mass is 16.6. The molecule has 0 spiro atoms. The SMILES string of the molecule is NCCCC1CCCN1C(=O)c1cccc2c1OCCO2. The lowest BCUT2D eigenvalue weighted by molar-refractivity contribution is 0.0719. The second kappa shape index (κ2) is 6.35. The van der Waals surface area contributed by atoms with Crippen molar-refractivity contribution in [2.24, 2.45) is 5.73 Å². The lowest BCUT2D eigenvalue weighted by atomic mass is 10.1. The topological polar surface area (TPSA) is 64.8 Å². The van der Waals surface area contributed by atoms with E-state index in [0.29, 0.717) is 42.9 Å². The Bertz CT molecular complexity index is 518. The van der Waals surface area contributed by atoms with Crippen LogP contribution in [0.15, 0.2) is 18.2 Å². The monoisotopic (exact) mass is 290 g/mol. The predicted molar refractivity (Wildman–Crippen MR) is 79.8 cm³/mol. The lowest BCUT2D eigenvalue weighted by Crippen LogP contribution is -2.36. The van der Waals surface area contributed by atoms with Crippen LogP contribution in [-0.4, -0.2) is 43.2 Å². The fourth-order valence-corrected chi connectivity index (χ4v) is 3.15. The Morgan fingerprint density at radius 3 is 3.05 bits per heavy atom. The smallest absolute Gasteiger partial charge is 0.258 e. The number of carbonyl (C=O) groups is 1. The van der Waals surface area contributed by atoms with Crippen LogP contribution in [0.5, 0.6) is 11.5 Å². The molecule has 1 saturated heterocycles. The van der Waals surface area contributed by atoms with Crippen molar-refractivity contribution in [1.82, 2.24) is 4.90 Å². The number of nitrogens with zero attached hydrogens (tertiary/aromatic N) is 1. The molecule has 0 radical (unpaired) electrons.